The molecule has 0 saturated carbocycles. The first-order chi connectivity index (χ1) is 15.6. The zero-order valence-corrected chi connectivity index (χ0v) is 18.5. The summed E-state index contributed by atoms with van der Waals surface area (Å²) in [5, 5.41) is 10.0. The van der Waals surface area contributed by atoms with Crippen LogP contribution in [0.3, 0.4) is 0 Å². The molecule has 0 radical (unpaired) electrons. The highest BCUT2D eigenvalue weighted by atomic mass is 16.5. The van der Waals surface area contributed by atoms with Crippen LogP contribution in [0.15, 0.2) is 57.9 Å². The quantitative estimate of drug-likeness (QED) is 0.426. The topological polar surface area (TPSA) is 74.2 Å². The van der Waals surface area contributed by atoms with Crippen molar-refractivity contribution in [2.45, 2.75) is 0 Å². The van der Waals surface area contributed by atoms with Crippen LogP contribution in [0.25, 0.3) is 22.5 Å². The predicted molar refractivity (Wildman–Crippen MR) is 125 cm³/mol. The number of likely N-dealkylation sites (N-methyl/N-ethyl adjacent to an activating group) is 1. The monoisotopic (exact) mass is 430 g/mol. The van der Waals surface area contributed by atoms with E-state index in [9.17, 15) is 5.26 Å². The third-order valence-corrected chi connectivity index (χ3v) is 5.61. The van der Waals surface area contributed by atoms with Crippen LogP contribution < -0.4 is 9.47 Å². The van der Waals surface area contributed by atoms with Crippen LogP contribution in [0.1, 0.15) is 5.56 Å². The van der Waals surface area contributed by atoms with Gasteiger partial charge in [0.1, 0.15) is 28.9 Å². The van der Waals surface area contributed by atoms with Gasteiger partial charge in [0.05, 0.1) is 20.6 Å². The lowest BCUT2D eigenvalue weighted by Crippen LogP contribution is -2.43. The van der Waals surface area contributed by atoms with Gasteiger partial charge < -0.3 is 23.7 Å². The van der Waals surface area contributed by atoms with Crippen molar-refractivity contribution in [2.75, 3.05) is 47.4 Å². The highest BCUT2D eigenvalue weighted by molar-refractivity contribution is 5.88. The van der Waals surface area contributed by atoms with E-state index in [1.54, 1.807) is 20.6 Å². The number of nitrogens with zero attached hydrogens (tertiary/aromatic N) is 4. The van der Waals surface area contributed by atoms with Crippen molar-refractivity contribution in [3.05, 3.63) is 54.1 Å². The van der Waals surface area contributed by atoms with Gasteiger partial charge in [0.15, 0.2) is 0 Å². The Balaban J connectivity index is 1.78. The molecule has 1 aromatic heterocycles. The Morgan fingerprint density at radius 2 is 1.47 bits per heavy atom. The number of methoxy groups -OCH3 is 2. The molecule has 7 heteroatoms. The lowest BCUT2D eigenvalue weighted by atomic mass is 9.98. The molecule has 3 aromatic rings. The van der Waals surface area contributed by atoms with Gasteiger partial charge in [-0.25, -0.2) is 4.99 Å². The summed E-state index contributed by atoms with van der Waals surface area (Å²) in [5.41, 5.74) is 2.82. The van der Waals surface area contributed by atoms with Gasteiger partial charge in [-0.1, -0.05) is 12.1 Å². The zero-order chi connectivity index (χ0) is 22.5. The predicted octanol–water partition coefficient (Wildman–Crippen LogP) is 4.41. The summed E-state index contributed by atoms with van der Waals surface area (Å²) in [6.07, 6.45) is 1.78. The van der Waals surface area contributed by atoms with E-state index < -0.39 is 0 Å². The Bertz CT molecular complexity index is 1120. The third-order valence-electron chi connectivity index (χ3n) is 5.61. The average Bonchev–Trinajstić information content (AvgIpc) is 3.22. The summed E-state index contributed by atoms with van der Waals surface area (Å²) in [6, 6.07) is 17.5. The molecule has 32 heavy (non-hydrogen) atoms. The number of hydrogen-bond donors (Lipinski definition) is 0. The summed E-state index contributed by atoms with van der Waals surface area (Å²) in [6.45, 7) is 3.73. The lowest BCUT2D eigenvalue weighted by molar-refractivity contribution is 0.219. The van der Waals surface area contributed by atoms with Gasteiger partial charge in [-0.15, -0.1) is 0 Å². The van der Waals surface area contributed by atoms with Crippen molar-refractivity contribution in [2.24, 2.45) is 4.99 Å². The van der Waals surface area contributed by atoms with E-state index in [1.165, 1.54) is 0 Å². The van der Waals surface area contributed by atoms with Crippen molar-refractivity contribution in [1.29, 1.82) is 5.26 Å². The highest BCUT2D eigenvalue weighted by Crippen LogP contribution is 2.43. The maximum atomic E-state index is 10.0. The van der Waals surface area contributed by atoms with Crippen molar-refractivity contribution in [3.63, 3.8) is 0 Å². The maximum Gasteiger partial charge on any atom is 0.239 e. The number of benzene rings is 2. The van der Waals surface area contributed by atoms with Crippen LogP contribution in [0.2, 0.25) is 0 Å². The minimum atomic E-state index is 0.308. The van der Waals surface area contributed by atoms with Crippen LogP contribution in [0, 0.1) is 11.3 Å². The molecule has 1 fully saturated rings. The summed E-state index contributed by atoms with van der Waals surface area (Å²) < 4.78 is 16.8. The van der Waals surface area contributed by atoms with E-state index in [2.05, 4.69) is 27.9 Å². The number of aliphatic imine (C=N–C) groups is 1. The zero-order valence-electron chi connectivity index (χ0n) is 18.5. The molecule has 1 saturated heterocycles. The normalized spacial score (nSPS) is 14.5. The summed E-state index contributed by atoms with van der Waals surface area (Å²) in [5.74, 6) is 2.40. The molecule has 2 aromatic carbocycles. The third kappa shape index (κ3) is 4.46. The highest BCUT2D eigenvalue weighted by Gasteiger charge is 2.23. The number of rotatable bonds is 6. The smallest absolute Gasteiger partial charge is 0.239 e. The Morgan fingerprint density at radius 3 is 2.00 bits per heavy atom. The minimum absolute atomic E-state index is 0.308. The molecule has 7 nitrogen and oxygen atoms in total. The van der Waals surface area contributed by atoms with E-state index in [4.69, 9.17) is 13.9 Å². The molecule has 1 aliphatic heterocycles. The van der Waals surface area contributed by atoms with E-state index in [1.807, 2.05) is 48.5 Å². The van der Waals surface area contributed by atoms with Crippen LogP contribution >= 0.6 is 0 Å². The fourth-order valence-electron chi connectivity index (χ4n) is 3.66. The van der Waals surface area contributed by atoms with Crippen LogP contribution in [-0.4, -0.2) is 63.6 Å². The second-order valence-electron chi connectivity index (χ2n) is 7.64. The Hall–Kier alpha value is -3.76. The standard InChI is InChI=1S/C25H26N4O3/c1-28-12-14-29(15-13-28)17-27-25-22(16-26)23(18-4-8-20(30-2)9-5-18)24(32-25)19-6-10-21(31-3)11-7-19/h4-11,17H,12-15H2,1-3H3/b27-17+. The summed E-state index contributed by atoms with van der Waals surface area (Å²) >= 11 is 0. The first kappa shape index (κ1) is 21.5. The van der Waals surface area contributed by atoms with E-state index in [0.29, 0.717) is 22.8 Å². The number of nitriles is 1. The van der Waals surface area contributed by atoms with Crippen molar-refractivity contribution >= 4 is 12.2 Å². The number of ether oxygens (including phenoxy) is 2. The second-order valence-corrected chi connectivity index (χ2v) is 7.64. The van der Waals surface area contributed by atoms with Crippen LogP contribution in [0.5, 0.6) is 11.5 Å². The molecule has 0 bridgehead atoms. The fraction of sp³-hybridized carbons (Fsp3) is 0.280. The van der Waals surface area contributed by atoms with Gasteiger partial charge in [0, 0.05) is 37.3 Å². The minimum Gasteiger partial charge on any atom is -0.497 e. The molecule has 4 rings (SSSR count). The van der Waals surface area contributed by atoms with Gasteiger partial charge in [0.2, 0.25) is 5.88 Å². The van der Waals surface area contributed by atoms with Crippen LogP contribution in [0.4, 0.5) is 5.88 Å². The molecule has 2 heterocycles. The van der Waals surface area contributed by atoms with Gasteiger partial charge >= 0.3 is 0 Å². The summed E-state index contributed by atoms with van der Waals surface area (Å²) in [7, 11) is 5.36. The van der Waals surface area contributed by atoms with Gasteiger partial charge in [0.25, 0.3) is 0 Å². The Morgan fingerprint density at radius 1 is 0.906 bits per heavy atom. The van der Waals surface area contributed by atoms with Crippen molar-refractivity contribution in [1.82, 2.24) is 9.80 Å². The number of hydrogen-bond acceptors (Lipinski definition) is 6. The fourth-order valence-corrected chi connectivity index (χ4v) is 3.66. The van der Waals surface area contributed by atoms with Gasteiger partial charge in [-0.2, -0.15) is 5.26 Å². The lowest BCUT2D eigenvalue weighted by Gasteiger charge is -2.30. The number of piperazine rings is 1. The van der Waals surface area contributed by atoms with E-state index >= 15 is 0 Å². The van der Waals surface area contributed by atoms with Gasteiger partial charge in [-0.3, -0.25) is 0 Å². The molecule has 0 aliphatic carbocycles. The van der Waals surface area contributed by atoms with Crippen molar-refractivity contribution < 1.29 is 13.9 Å². The molecule has 0 atom stereocenters. The molecule has 0 amide bonds. The molecule has 1 aliphatic rings. The Kier molecular flexibility index (Phi) is 6.43. The van der Waals surface area contributed by atoms with E-state index in [0.717, 1.165) is 48.8 Å². The van der Waals surface area contributed by atoms with E-state index in [-0.39, 0.29) is 0 Å². The van der Waals surface area contributed by atoms with Gasteiger partial charge in [-0.05, 0) is 49.0 Å². The average molecular weight is 431 g/mol. The summed E-state index contributed by atoms with van der Waals surface area (Å²) in [4.78, 5) is 8.99. The largest absolute Gasteiger partial charge is 0.497 e. The molecule has 164 valence electrons. The first-order valence-corrected chi connectivity index (χ1v) is 10.5. The first-order valence-electron chi connectivity index (χ1n) is 10.5. The number of furan rings is 1. The molecule has 0 N–H and O–H groups in total. The maximum absolute atomic E-state index is 10.0. The molecular formula is C25H26N4O3. The molecule has 0 unspecified atom stereocenters. The molecule has 0 spiro atoms. The van der Waals surface area contributed by atoms with Crippen LogP contribution in [-0.2, 0) is 0 Å². The SMILES string of the molecule is COc1ccc(-c2oc(/N=C/N3CCN(C)CC3)c(C#N)c2-c2ccc(OC)cc2)cc1. The molecular weight excluding hydrogens is 404 g/mol. The Labute approximate surface area is 188 Å². The van der Waals surface area contributed by atoms with Crippen molar-refractivity contribution in [3.8, 4) is 40.0 Å². The second kappa shape index (κ2) is 9.58.